The van der Waals surface area contributed by atoms with E-state index in [0.717, 1.165) is 5.56 Å². The number of carbonyl (C=O) groups excluding carboxylic acids is 4. The SMILES string of the molecule is CC(C)[C@H]1CN(C)C(=O)N1C(=O)[C@H]1C[C@@]2(Cl)NC(=O)[C@@H]1N(Cc1ccccc1)C2=O. The largest absolute Gasteiger partial charge is 0.328 e. The molecule has 4 aliphatic heterocycles. The quantitative estimate of drug-likeness (QED) is 0.575. The van der Waals surface area contributed by atoms with E-state index in [1.54, 1.807) is 7.05 Å². The molecule has 5 rings (SSSR count). The summed E-state index contributed by atoms with van der Waals surface area (Å²) in [4.78, 5) is 54.6. The van der Waals surface area contributed by atoms with E-state index < -0.39 is 34.7 Å². The highest BCUT2D eigenvalue weighted by Gasteiger charge is 2.62. The number of imide groups is 1. The van der Waals surface area contributed by atoms with Gasteiger partial charge in [0.1, 0.15) is 6.04 Å². The summed E-state index contributed by atoms with van der Waals surface area (Å²) in [5, 5.41) is 2.56. The number of benzene rings is 1. The van der Waals surface area contributed by atoms with Gasteiger partial charge in [0, 0.05) is 26.6 Å². The van der Waals surface area contributed by atoms with Crippen LogP contribution in [0.1, 0.15) is 25.8 Å². The molecule has 0 spiro atoms. The molecule has 160 valence electrons. The minimum absolute atomic E-state index is 0.0355. The van der Waals surface area contributed by atoms with Crippen LogP contribution in [0.4, 0.5) is 4.79 Å². The average Bonchev–Trinajstić information content (AvgIpc) is 3.00. The van der Waals surface area contributed by atoms with E-state index in [1.165, 1.54) is 14.7 Å². The van der Waals surface area contributed by atoms with Crippen LogP contribution < -0.4 is 5.32 Å². The molecular formula is C21H25ClN4O4. The Labute approximate surface area is 180 Å². The Morgan fingerprint density at radius 1 is 1.23 bits per heavy atom. The monoisotopic (exact) mass is 432 g/mol. The van der Waals surface area contributed by atoms with Crippen molar-refractivity contribution in [2.24, 2.45) is 11.8 Å². The number of likely N-dealkylation sites (N-methyl/N-ethyl adjacent to an activating group) is 1. The first kappa shape index (κ1) is 20.7. The van der Waals surface area contributed by atoms with Crippen molar-refractivity contribution >= 4 is 35.4 Å². The molecule has 0 radical (unpaired) electrons. The minimum atomic E-state index is -1.68. The van der Waals surface area contributed by atoms with Gasteiger partial charge >= 0.3 is 6.03 Å². The van der Waals surface area contributed by atoms with Crippen molar-refractivity contribution in [2.75, 3.05) is 13.6 Å². The first-order chi connectivity index (χ1) is 14.1. The summed E-state index contributed by atoms with van der Waals surface area (Å²) in [5.41, 5.74) is 0.828. The predicted molar refractivity (Wildman–Crippen MR) is 109 cm³/mol. The van der Waals surface area contributed by atoms with Gasteiger partial charge in [0.2, 0.25) is 11.8 Å². The summed E-state index contributed by atoms with van der Waals surface area (Å²) in [6.07, 6.45) is -0.0355. The second-order valence-electron chi connectivity index (χ2n) is 8.65. The second-order valence-corrected chi connectivity index (χ2v) is 9.29. The van der Waals surface area contributed by atoms with Crippen molar-refractivity contribution < 1.29 is 19.2 Å². The van der Waals surface area contributed by atoms with E-state index in [4.69, 9.17) is 11.6 Å². The molecule has 2 bridgehead atoms. The van der Waals surface area contributed by atoms with Gasteiger partial charge in [-0.15, -0.1) is 0 Å². The molecule has 5 amide bonds. The molecule has 4 saturated heterocycles. The molecule has 4 fully saturated rings. The summed E-state index contributed by atoms with van der Waals surface area (Å²) >= 11 is 6.52. The third kappa shape index (κ3) is 3.14. The highest BCUT2D eigenvalue weighted by atomic mass is 35.5. The maximum Gasteiger partial charge on any atom is 0.326 e. The lowest BCUT2D eigenvalue weighted by Gasteiger charge is -2.52. The Kier molecular flexibility index (Phi) is 5.00. The molecule has 1 aromatic carbocycles. The number of amides is 5. The molecule has 30 heavy (non-hydrogen) atoms. The third-order valence-corrected chi connectivity index (χ3v) is 6.66. The second kappa shape index (κ2) is 7.27. The fourth-order valence-electron chi connectivity index (χ4n) is 4.66. The van der Waals surface area contributed by atoms with Crippen molar-refractivity contribution in [1.29, 1.82) is 0 Å². The van der Waals surface area contributed by atoms with Gasteiger partial charge in [-0.05, 0) is 11.5 Å². The number of carbonyl (C=O) groups is 4. The van der Waals surface area contributed by atoms with Crippen LogP contribution in [0.3, 0.4) is 0 Å². The first-order valence-corrected chi connectivity index (χ1v) is 10.5. The molecule has 0 aromatic heterocycles. The highest BCUT2D eigenvalue weighted by Crippen LogP contribution is 2.41. The number of alkyl halides is 1. The number of hydrogen-bond donors (Lipinski definition) is 1. The van der Waals surface area contributed by atoms with E-state index in [1.807, 2.05) is 44.2 Å². The fraction of sp³-hybridized carbons (Fsp3) is 0.524. The smallest absolute Gasteiger partial charge is 0.326 e. The standard InChI is InChI=1S/C21H25ClN4O4/c1-12(2)15-11-24(3)20(30)26(15)18(28)14-9-21(22)19(29)25(16(14)17(27)23-21)10-13-7-5-4-6-8-13/h4-8,12,14-16H,9-11H2,1-3H3,(H,23,27)/t14-,15+,16+,21+/m0/s1. The first-order valence-electron chi connectivity index (χ1n) is 10.1. The average molecular weight is 433 g/mol. The topological polar surface area (TPSA) is 90.0 Å². The number of piperazine rings is 1. The van der Waals surface area contributed by atoms with Gasteiger partial charge in [0.05, 0.1) is 12.0 Å². The molecule has 4 aliphatic rings. The molecule has 0 saturated carbocycles. The van der Waals surface area contributed by atoms with Crippen molar-refractivity contribution in [3.63, 3.8) is 0 Å². The maximum absolute atomic E-state index is 13.6. The number of halogens is 1. The molecule has 0 unspecified atom stereocenters. The molecule has 1 N–H and O–H groups in total. The van der Waals surface area contributed by atoms with Crippen LogP contribution in [0.2, 0.25) is 0 Å². The Morgan fingerprint density at radius 2 is 1.90 bits per heavy atom. The number of nitrogens with zero attached hydrogens (tertiary/aromatic N) is 3. The Bertz CT molecular complexity index is 908. The summed E-state index contributed by atoms with van der Waals surface area (Å²) in [7, 11) is 1.65. The molecule has 4 heterocycles. The Balaban J connectivity index is 1.68. The van der Waals surface area contributed by atoms with Gasteiger partial charge in [-0.3, -0.25) is 19.3 Å². The summed E-state index contributed by atoms with van der Waals surface area (Å²) in [6.45, 7) is 4.50. The molecule has 4 atom stereocenters. The van der Waals surface area contributed by atoms with E-state index in [2.05, 4.69) is 5.32 Å². The number of hydrogen-bond acceptors (Lipinski definition) is 4. The van der Waals surface area contributed by atoms with Crippen molar-refractivity contribution in [2.45, 2.75) is 43.9 Å². The zero-order valence-corrected chi connectivity index (χ0v) is 17.9. The van der Waals surface area contributed by atoms with Crippen molar-refractivity contribution in [1.82, 2.24) is 20.0 Å². The summed E-state index contributed by atoms with van der Waals surface area (Å²) < 4.78 is 0. The summed E-state index contributed by atoms with van der Waals surface area (Å²) in [6, 6.07) is 7.56. The van der Waals surface area contributed by atoms with Gasteiger partial charge in [-0.2, -0.15) is 0 Å². The molecule has 9 heteroatoms. The van der Waals surface area contributed by atoms with Gasteiger partial charge in [-0.25, -0.2) is 4.79 Å². The molecule has 0 aliphatic carbocycles. The van der Waals surface area contributed by atoms with Crippen LogP contribution in [-0.4, -0.2) is 69.1 Å². The Morgan fingerprint density at radius 3 is 2.53 bits per heavy atom. The van der Waals surface area contributed by atoms with Crippen LogP contribution in [0.25, 0.3) is 0 Å². The summed E-state index contributed by atoms with van der Waals surface area (Å²) in [5.74, 6) is -2.16. The third-order valence-electron chi connectivity index (χ3n) is 6.25. The van der Waals surface area contributed by atoms with Gasteiger partial charge in [0.25, 0.3) is 5.91 Å². The minimum Gasteiger partial charge on any atom is -0.328 e. The van der Waals surface area contributed by atoms with E-state index in [0.29, 0.717) is 6.54 Å². The lowest BCUT2D eigenvalue weighted by atomic mass is 9.79. The van der Waals surface area contributed by atoms with Gasteiger partial charge < -0.3 is 15.1 Å². The zero-order chi connectivity index (χ0) is 21.8. The van der Waals surface area contributed by atoms with Crippen LogP contribution in [0.15, 0.2) is 30.3 Å². The number of urea groups is 1. The zero-order valence-electron chi connectivity index (χ0n) is 17.2. The molecular weight excluding hydrogens is 408 g/mol. The van der Waals surface area contributed by atoms with E-state index in [-0.39, 0.29) is 31.0 Å². The van der Waals surface area contributed by atoms with Crippen LogP contribution in [0.5, 0.6) is 0 Å². The van der Waals surface area contributed by atoms with Crippen molar-refractivity contribution in [3.05, 3.63) is 35.9 Å². The highest BCUT2D eigenvalue weighted by molar-refractivity contribution is 6.37. The Hall–Kier alpha value is -2.61. The number of fused-ring (bicyclic) bond motifs is 3. The fourth-order valence-corrected chi connectivity index (χ4v) is 5.02. The van der Waals surface area contributed by atoms with Crippen molar-refractivity contribution in [3.8, 4) is 0 Å². The maximum atomic E-state index is 13.6. The number of nitrogens with one attached hydrogen (secondary N) is 1. The number of rotatable bonds is 4. The van der Waals surface area contributed by atoms with E-state index >= 15 is 0 Å². The van der Waals surface area contributed by atoms with Crippen LogP contribution in [-0.2, 0) is 20.9 Å². The molecule has 8 nitrogen and oxygen atoms in total. The van der Waals surface area contributed by atoms with Crippen LogP contribution in [0, 0.1) is 11.8 Å². The predicted octanol–water partition coefficient (Wildman–Crippen LogP) is 1.39. The lowest BCUT2D eigenvalue weighted by Crippen LogP contribution is -2.76. The lowest BCUT2D eigenvalue weighted by molar-refractivity contribution is -0.166. The molecule has 1 aromatic rings. The van der Waals surface area contributed by atoms with Crippen LogP contribution >= 0.6 is 11.6 Å². The van der Waals surface area contributed by atoms with E-state index in [9.17, 15) is 19.2 Å². The van der Waals surface area contributed by atoms with Gasteiger partial charge in [0.15, 0.2) is 5.00 Å². The van der Waals surface area contributed by atoms with Gasteiger partial charge in [-0.1, -0.05) is 55.8 Å². The number of piperidine rings is 2. The normalized spacial score (nSPS) is 31.0.